The predicted molar refractivity (Wildman–Crippen MR) is 58.1 cm³/mol. The summed E-state index contributed by atoms with van der Waals surface area (Å²) in [6.45, 7) is 6.70. The van der Waals surface area contributed by atoms with E-state index in [0.717, 1.165) is 17.9 Å². The number of anilines is 1. The molecule has 0 aliphatic rings. The fourth-order valence-corrected chi connectivity index (χ4v) is 1.10. The molecule has 0 bridgehead atoms. The normalized spacial score (nSPS) is 14.9. The van der Waals surface area contributed by atoms with Crippen molar-refractivity contribution in [3.8, 4) is 0 Å². The van der Waals surface area contributed by atoms with Crippen LogP contribution in [0.5, 0.6) is 0 Å². The van der Waals surface area contributed by atoms with Gasteiger partial charge in [-0.25, -0.2) is 4.98 Å². The van der Waals surface area contributed by atoms with Crippen molar-refractivity contribution < 1.29 is 0 Å². The van der Waals surface area contributed by atoms with Gasteiger partial charge in [-0.3, -0.25) is 4.98 Å². The molecule has 1 aromatic rings. The predicted octanol–water partition coefficient (Wildman–Crippen LogP) is 1.32. The summed E-state index contributed by atoms with van der Waals surface area (Å²) in [5.41, 5.74) is 6.51. The van der Waals surface area contributed by atoms with E-state index in [1.165, 1.54) is 0 Å². The largest absolute Gasteiger partial charge is 0.362 e. The molecule has 78 valence electrons. The summed E-state index contributed by atoms with van der Waals surface area (Å²) in [6.07, 6.45) is 4.33. The van der Waals surface area contributed by atoms with Crippen molar-refractivity contribution in [2.45, 2.75) is 32.7 Å². The maximum Gasteiger partial charge on any atom is 0.147 e. The molecule has 0 radical (unpaired) electrons. The first-order valence-corrected chi connectivity index (χ1v) is 4.87. The molecule has 1 heterocycles. The second-order valence-corrected chi connectivity index (χ2v) is 3.73. The minimum Gasteiger partial charge on any atom is -0.362 e. The second-order valence-electron chi connectivity index (χ2n) is 3.73. The Balaban J connectivity index is 2.82. The molecule has 4 heteroatoms. The molecule has 4 nitrogen and oxygen atoms in total. The van der Waals surface area contributed by atoms with Crippen LogP contribution in [0.1, 0.15) is 26.0 Å². The summed E-state index contributed by atoms with van der Waals surface area (Å²) in [5.74, 6) is 0.822. The fraction of sp³-hybridized carbons (Fsp3) is 0.600. The van der Waals surface area contributed by atoms with Crippen LogP contribution in [0, 0.1) is 6.92 Å². The van der Waals surface area contributed by atoms with Crippen molar-refractivity contribution in [3.63, 3.8) is 0 Å². The molecule has 1 rings (SSSR count). The number of nitrogens with two attached hydrogens (primary N) is 1. The molecular formula is C10H18N4. The summed E-state index contributed by atoms with van der Waals surface area (Å²) < 4.78 is 0. The van der Waals surface area contributed by atoms with Crippen LogP contribution in [-0.4, -0.2) is 22.1 Å². The Morgan fingerprint density at radius 3 is 2.57 bits per heavy atom. The Bertz CT molecular complexity index is 294. The van der Waals surface area contributed by atoms with E-state index in [-0.39, 0.29) is 5.54 Å². The highest BCUT2D eigenvalue weighted by atomic mass is 15.1. The monoisotopic (exact) mass is 194 g/mol. The van der Waals surface area contributed by atoms with Crippen LogP contribution in [0.15, 0.2) is 12.4 Å². The smallest absolute Gasteiger partial charge is 0.147 e. The van der Waals surface area contributed by atoms with E-state index in [1.54, 1.807) is 12.4 Å². The van der Waals surface area contributed by atoms with Gasteiger partial charge in [0, 0.05) is 24.5 Å². The van der Waals surface area contributed by atoms with Crippen LogP contribution in [0.3, 0.4) is 0 Å². The minimum atomic E-state index is -0.0964. The topological polar surface area (TPSA) is 63.8 Å². The summed E-state index contributed by atoms with van der Waals surface area (Å²) in [5, 5.41) is 3.32. The minimum absolute atomic E-state index is 0.0964. The van der Waals surface area contributed by atoms with Gasteiger partial charge in [0.1, 0.15) is 5.82 Å². The highest BCUT2D eigenvalue weighted by Crippen LogP contribution is 2.16. The summed E-state index contributed by atoms with van der Waals surface area (Å²) in [4.78, 5) is 8.40. The maximum atomic E-state index is 5.70. The molecule has 0 spiro atoms. The van der Waals surface area contributed by atoms with E-state index in [4.69, 9.17) is 5.73 Å². The Kier molecular flexibility index (Phi) is 3.41. The average Bonchev–Trinajstić information content (AvgIpc) is 2.21. The van der Waals surface area contributed by atoms with Crippen molar-refractivity contribution in [3.05, 3.63) is 18.1 Å². The third-order valence-corrected chi connectivity index (χ3v) is 2.53. The zero-order chi connectivity index (χ0) is 10.6. The van der Waals surface area contributed by atoms with Gasteiger partial charge >= 0.3 is 0 Å². The van der Waals surface area contributed by atoms with Gasteiger partial charge in [-0.1, -0.05) is 6.92 Å². The molecule has 0 aromatic carbocycles. The molecule has 0 saturated heterocycles. The first-order chi connectivity index (χ1) is 6.61. The maximum absolute atomic E-state index is 5.70. The molecule has 1 atom stereocenters. The molecule has 0 fully saturated rings. The SMILES string of the molecule is CCC(C)(CN)Nc1nccnc1C. The first-order valence-electron chi connectivity index (χ1n) is 4.87. The summed E-state index contributed by atoms with van der Waals surface area (Å²) in [7, 11) is 0. The van der Waals surface area contributed by atoms with E-state index < -0.39 is 0 Å². The molecular weight excluding hydrogens is 176 g/mol. The van der Waals surface area contributed by atoms with E-state index in [9.17, 15) is 0 Å². The third-order valence-electron chi connectivity index (χ3n) is 2.53. The fourth-order valence-electron chi connectivity index (χ4n) is 1.10. The lowest BCUT2D eigenvalue weighted by Gasteiger charge is -2.28. The number of hydrogen-bond acceptors (Lipinski definition) is 4. The van der Waals surface area contributed by atoms with Crippen molar-refractivity contribution in [2.24, 2.45) is 5.73 Å². The quantitative estimate of drug-likeness (QED) is 0.759. The second kappa shape index (κ2) is 4.37. The lowest BCUT2D eigenvalue weighted by atomic mass is 9.99. The standard InChI is InChI=1S/C10H18N4/c1-4-10(3,7-11)14-9-8(2)12-5-6-13-9/h5-6H,4,7,11H2,1-3H3,(H,13,14). The van der Waals surface area contributed by atoms with Gasteiger partial charge in [0.05, 0.1) is 5.69 Å². The number of aryl methyl sites for hydroxylation is 1. The van der Waals surface area contributed by atoms with Gasteiger partial charge in [0.2, 0.25) is 0 Å². The Labute approximate surface area is 85.0 Å². The molecule has 14 heavy (non-hydrogen) atoms. The van der Waals surface area contributed by atoms with Crippen molar-refractivity contribution in [1.29, 1.82) is 0 Å². The van der Waals surface area contributed by atoms with Crippen LogP contribution < -0.4 is 11.1 Å². The van der Waals surface area contributed by atoms with Crippen LogP contribution in [0.2, 0.25) is 0 Å². The Hall–Kier alpha value is -1.16. The van der Waals surface area contributed by atoms with Gasteiger partial charge in [0.15, 0.2) is 0 Å². The third kappa shape index (κ3) is 2.42. The number of nitrogens with one attached hydrogen (secondary N) is 1. The Morgan fingerprint density at radius 1 is 1.43 bits per heavy atom. The van der Waals surface area contributed by atoms with E-state index >= 15 is 0 Å². The van der Waals surface area contributed by atoms with Crippen LogP contribution in [-0.2, 0) is 0 Å². The molecule has 3 N–H and O–H groups in total. The molecule has 1 aromatic heterocycles. The van der Waals surface area contributed by atoms with E-state index in [2.05, 4.69) is 29.1 Å². The zero-order valence-corrected chi connectivity index (χ0v) is 9.04. The lowest BCUT2D eigenvalue weighted by Crippen LogP contribution is -2.42. The van der Waals surface area contributed by atoms with Crippen molar-refractivity contribution in [2.75, 3.05) is 11.9 Å². The number of nitrogens with zero attached hydrogens (tertiary/aromatic N) is 2. The number of rotatable bonds is 4. The lowest BCUT2D eigenvalue weighted by molar-refractivity contribution is 0.503. The van der Waals surface area contributed by atoms with E-state index in [0.29, 0.717) is 6.54 Å². The van der Waals surface area contributed by atoms with Gasteiger partial charge in [-0.2, -0.15) is 0 Å². The molecule has 0 saturated carbocycles. The molecule has 0 amide bonds. The Morgan fingerprint density at radius 2 is 2.07 bits per heavy atom. The van der Waals surface area contributed by atoms with Gasteiger partial charge < -0.3 is 11.1 Å². The van der Waals surface area contributed by atoms with Crippen LogP contribution in [0.4, 0.5) is 5.82 Å². The number of hydrogen-bond donors (Lipinski definition) is 2. The summed E-state index contributed by atoms with van der Waals surface area (Å²) in [6, 6.07) is 0. The highest BCUT2D eigenvalue weighted by molar-refractivity contribution is 5.41. The summed E-state index contributed by atoms with van der Waals surface area (Å²) >= 11 is 0. The van der Waals surface area contributed by atoms with Crippen molar-refractivity contribution in [1.82, 2.24) is 9.97 Å². The molecule has 0 aliphatic carbocycles. The van der Waals surface area contributed by atoms with Crippen LogP contribution >= 0.6 is 0 Å². The molecule has 1 unspecified atom stereocenters. The zero-order valence-electron chi connectivity index (χ0n) is 9.04. The van der Waals surface area contributed by atoms with Crippen LogP contribution in [0.25, 0.3) is 0 Å². The van der Waals surface area contributed by atoms with E-state index in [1.807, 2.05) is 6.92 Å². The van der Waals surface area contributed by atoms with Gasteiger partial charge in [0.25, 0.3) is 0 Å². The number of aromatic nitrogens is 2. The van der Waals surface area contributed by atoms with Crippen molar-refractivity contribution >= 4 is 5.82 Å². The highest BCUT2D eigenvalue weighted by Gasteiger charge is 2.20. The van der Waals surface area contributed by atoms with Gasteiger partial charge in [-0.15, -0.1) is 0 Å². The first kappa shape index (κ1) is 10.9. The average molecular weight is 194 g/mol. The molecule has 0 aliphatic heterocycles. The van der Waals surface area contributed by atoms with Gasteiger partial charge in [-0.05, 0) is 20.3 Å².